The summed E-state index contributed by atoms with van der Waals surface area (Å²) < 4.78 is 9.24. The second-order valence-electron chi connectivity index (χ2n) is 6.23. The summed E-state index contributed by atoms with van der Waals surface area (Å²) >= 11 is 0. The molecule has 0 aliphatic carbocycles. The number of nitrogens with zero attached hydrogens (tertiary/aromatic N) is 7. The number of hydrogen-bond donors (Lipinski definition) is 0. The summed E-state index contributed by atoms with van der Waals surface area (Å²) in [5.41, 5.74) is 0. The van der Waals surface area contributed by atoms with Gasteiger partial charge < -0.3 is 19.1 Å². The van der Waals surface area contributed by atoms with E-state index >= 15 is 0 Å². The molecule has 0 spiro atoms. The van der Waals surface area contributed by atoms with Crippen molar-refractivity contribution in [3.05, 3.63) is 30.6 Å². The maximum atomic E-state index is 12.5. The first kappa shape index (κ1) is 16.6. The van der Waals surface area contributed by atoms with Crippen molar-refractivity contribution in [3.8, 4) is 0 Å². The maximum absolute atomic E-state index is 12.5. The molecule has 1 aliphatic rings. The molecule has 0 bridgehead atoms. The van der Waals surface area contributed by atoms with Crippen LogP contribution in [0.5, 0.6) is 0 Å². The standard InChI is InChI=1S/C15H23N7O2/c1-19(2)12-8-21(9-13(12)22-7-5-17-18-22)15(23)11-24-10-14-16-4-6-20(14)3/h4-7,12-13H,8-11H2,1-3H3/t12-,13+/m1/s1. The quantitative estimate of drug-likeness (QED) is 0.712. The minimum absolute atomic E-state index is 0.0151. The van der Waals surface area contributed by atoms with Gasteiger partial charge in [0.05, 0.1) is 18.3 Å². The molecule has 2 aromatic rings. The molecule has 3 rings (SSSR count). The SMILES string of the molecule is CN(C)[C@@H]1CN(C(=O)COCc2nccn2C)C[C@@H]1n1ccnn1. The third kappa shape index (κ3) is 3.46. The number of hydrogen-bond acceptors (Lipinski definition) is 6. The van der Waals surface area contributed by atoms with Crippen molar-refractivity contribution >= 4 is 5.91 Å². The third-order valence-corrected chi connectivity index (χ3v) is 4.43. The van der Waals surface area contributed by atoms with E-state index in [-0.39, 0.29) is 24.6 Å². The van der Waals surface area contributed by atoms with Crippen LogP contribution in [0.1, 0.15) is 11.9 Å². The van der Waals surface area contributed by atoms with Crippen molar-refractivity contribution in [2.75, 3.05) is 33.8 Å². The number of ether oxygens (including phenoxy) is 1. The first-order chi connectivity index (χ1) is 11.6. The zero-order chi connectivity index (χ0) is 17.1. The van der Waals surface area contributed by atoms with Crippen molar-refractivity contribution in [2.24, 2.45) is 7.05 Å². The van der Waals surface area contributed by atoms with Crippen molar-refractivity contribution < 1.29 is 9.53 Å². The van der Waals surface area contributed by atoms with E-state index in [1.54, 1.807) is 12.4 Å². The second-order valence-corrected chi connectivity index (χ2v) is 6.23. The zero-order valence-corrected chi connectivity index (χ0v) is 14.2. The molecular weight excluding hydrogens is 310 g/mol. The summed E-state index contributed by atoms with van der Waals surface area (Å²) in [5.74, 6) is 0.787. The first-order valence-corrected chi connectivity index (χ1v) is 7.90. The molecular formula is C15H23N7O2. The van der Waals surface area contributed by atoms with Gasteiger partial charge in [-0.25, -0.2) is 9.67 Å². The summed E-state index contributed by atoms with van der Waals surface area (Å²) in [5, 5.41) is 7.96. The molecule has 9 heteroatoms. The lowest BCUT2D eigenvalue weighted by Crippen LogP contribution is -2.37. The molecule has 0 unspecified atom stereocenters. The van der Waals surface area contributed by atoms with E-state index in [4.69, 9.17) is 4.74 Å². The molecule has 130 valence electrons. The lowest BCUT2D eigenvalue weighted by molar-refractivity contribution is -0.135. The molecule has 0 aromatic carbocycles. The van der Waals surface area contributed by atoms with E-state index in [0.717, 1.165) is 5.82 Å². The van der Waals surface area contributed by atoms with Crippen LogP contribution < -0.4 is 0 Å². The Morgan fingerprint density at radius 2 is 2.17 bits per heavy atom. The van der Waals surface area contributed by atoms with Gasteiger partial charge in [0.25, 0.3) is 0 Å². The van der Waals surface area contributed by atoms with Crippen LogP contribution in [0.3, 0.4) is 0 Å². The molecule has 0 radical (unpaired) electrons. The predicted molar refractivity (Wildman–Crippen MR) is 86.0 cm³/mol. The molecule has 1 saturated heterocycles. The van der Waals surface area contributed by atoms with Gasteiger partial charge in [-0.2, -0.15) is 0 Å². The van der Waals surface area contributed by atoms with Crippen LogP contribution in [-0.4, -0.2) is 80.1 Å². The van der Waals surface area contributed by atoms with Gasteiger partial charge >= 0.3 is 0 Å². The number of carbonyl (C=O) groups excluding carboxylic acids is 1. The minimum atomic E-state index is -0.0151. The van der Waals surface area contributed by atoms with Gasteiger partial charge in [-0.1, -0.05) is 5.21 Å². The Morgan fingerprint density at radius 1 is 1.33 bits per heavy atom. The monoisotopic (exact) mass is 333 g/mol. The Bertz CT molecular complexity index is 667. The Balaban J connectivity index is 1.56. The fourth-order valence-corrected chi connectivity index (χ4v) is 2.99. The summed E-state index contributed by atoms with van der Waals surface area (Å²) in [4.78, 5) is 20.6. The number of imidazole rings is 1. The van der Waals surface area contributed by atoms with Crippen LogP contribution in [0.15, 0.2) is 24.8 Å². The zero-order valence-electron chi connectivity index (χ0n) is 14.2. The Hall–Kier alpha value is -2.26. The number of rotatable bonds is 6. The molecule has 1 aliphatic heterocycles. The van der Waals surface area contributed by atoms with Crippen molar-refractivity contribution in [1.29, 1.82) is 0 Å². The lowest BCUT2D eigenvalue weighted by Gasteiger charge is -2.24. The number of aryl methyl sites for hydroxylation is 1. The topological polar surface area (TPSA) is 81.3 Å². The third-order valence-electron chi connectivity index (χ3n) is 4.43. The van der Waals surface area contributed by atoms with Crippen LogP contribution >= 0.6 is 0 Å². The van der Waals surface area contributed by atoms with E-state index in [1.807, 2.05) is 47.7 Å². The van der Waals surface area contributed by atoms with Crippen molar-refractivity contribution in [3.63, 3.8) is 0 Å². The summed E-state index contributed by atoms with van der Waals surface area (Å²) in [7, 11) is 5.93. The smallest absolute Gasteiger partial charge is 0.248 e. The van der Waals surface area contributed by atoms with Gasteiger partial charge in [0, 0.05) is 38.7 Å². The fraction of sp³-hybridized carbons (Fsp3) is 0.600. The van der Waals surface area contributed by atoms with Crippen LogP contribution in [0.25, 0.3) is 0 Å². The maximum Gasteiger partial charge on any atom is 0.248 e. The van der Waals surface area contributed by atoms with Crippen LogP contribution in [-0.2, 0) is 23.2 Å². The molecule has 9 nitrogen and oxygen atoms in total. The fourth-order valence-electron chi connectivity index (χ4n) is 2.99. The lowest BCUT2D eigenvalue weighted by atomic mass is 10.1. The highest BCUT2D eigenvalue weighted by atomic mass is 16.5. The number of likely N-dealkylation sites (N-methyl/N-ethyl adjacent to an activating group) is 1. The molecule has 1 amide bonds. The van der Waals surface area contributed by atoms with E-state index in [2.05, 4.69) is 20.2 Å². The Labute approximate surface area is 140 Å². The number of amides is 1. The average molecular weight is 333 g/mol. The highest BCUT2D eigenvalue weighted by Gasteiger charge is 2.38. The normalized spacial score (nSPS) is 20.9. The first-order valence-electron chi connectivity index (χ1n) is 7.90. The molecule has 1 fully saturated rings. The second kappa shape index (κ2) is 7.10. The summed E-state index contributed by atoms with van der Waals surface area (Å²) in [6.07, 6.45) is 7.07. The van der Waals surface area contributed by atoms with Gasteiger partial charge in [-0.15, -0.1) is 5.10 Å². The molecule has 0 saturated carbocycles. The van der Waals surface area contributed by atoms with Crippen LogP contribution in [0, 0.1) is 0 Å². The Kier molecular flexibility index (Phi) is 4.91. The molecule has 2 atom stereocenters. The molecule has 0 N–H and O–H groups in total. The number of likely N-dealkylation sites (tertiary alicyclic amines) is 1. The van der Waals surface area contributed by atoms with Crippen molar-refractivity contribution in [2.45, 2.75) is 18.7 Å². The van der Waals surface area contributed by atoms with Crippen molar-refractivity contribution in [1.82, 2.24) is 34.3 Å². The van der Waals surface area contributed by atoms with Gasteiger partial charge in [-0.05, 0) is 14.1 Å². The van der Waals surface area contributed by atoms with E-state index in [0.29, 0.717) is 19.7 Å². The molecule has 24 heavy (non-hydrogen) atoms. The van der Waals surface area contributed by atoms with Gasteiger partial charge in [0.1, 0.15) is 19.0 Å². The predicted octanol–water partition coefficient (Wildman–Crippen LogP) is -0.458. The summed E-state index contributed by atoms with van der Waals surface area (Å²) in [6, 6.07) is 0.297. The minimum Gasteiger partial charge on any atom is -0.364 e. The highest BCUT2D eigenvalue weighted by molar-refractivity contribution is 5.77. The number of aromatic nitrogens is 5. The highest BCUT2D eigenvalue weighted by Crippen LogP contribution is 2.24. The molecule has 3 heterocycles. The van der Waals surface area contributed by atoms with Crippen LogP contribution in [0.4, 0.5) is 0 Å². The average Bonchev–Trinajstić information content (AvgIpc) is 3.27. The molecule has 2 aromatic heterocycles. The number of carbonyl (C=O) groups is 1. The largest absolute Gasteiger partial charge is 0.364 e. The van der Waals surface area contributed by atoms with E-state index < -0.39 is 0 Å². The van der Waals surface area contributed by atoms with Gasteiger partial charge in [-0.3, -0.25) is 4.79 Å². The van der Waals surface area contributed by atoms with E-state index in [1.165, 1.54) is 0 Å². The van der Waals surface area contributed by atoms with Gasteiger partial charge in [0.15, 0.2) is 0 Å². The Morgan fingerprint density at radius 3 is 2.79 bits per heavy atom. The van der Waals surface area contributed by atoms with Gasteiger partial charge in [0.2, 0.25) is 5.91 Å². The summed E-state index contributed by atoms with van der Waals surface area (Å²) in [6.45, 7) is 1.64. The van der Waals surface area contributed by atoms with E-state index in [9.17, 15) is 4.79 Å². The van der Waals surface area contributed by atoms with Crippen LogP contribution in [0.2, 0.25) is 0 Å².